The number of rotatable bonds is 4. The Kier molecular flexibility index (Phi) is 6.16. The third-order valence-corrected chi connectivity index (χ3v) is 6.85. The van der Waals surface area contributed by atoms with Crippen molar-refractivity contribution in [2.24, 2.45) is 11.8 Å². The second kappa shape index (κ2) is 7.43. The summed E-state index contributed by atoms with van der Waals surface area (Å²) >= 11 is 0. The molecule has 2 nitrogen and oxygen atoms in total. The number of piperidine rings is 1. The molecule has 0 unspecified atom stereocenters. The molecular weight excluding hydrogens is 339 g/mol. The van der Waals surface area contributed by atoms with Gasteiger partial charge in [-0.15, -0.1) is 24.8 Å². The molecule has 2 bridgehead atoms. The summed E-state index contributed by atoms with van der Waals surface area (Å²) in [6.45, 7) is 7.44. The van der Waals surface area contributed by atoms with Gasteiger partial charge in [0.2, 0.25) is 0 Å². The van der Waals surface area contributed by atoms with Crippen molar-refractivity contribution >= 4 is 30.5 Å². The minimum absolute atomic E-state index is 0. The number of fused-ring (bicyclic) bond motifs is 4. The van der Waals surface area contributed by atoms with E-state index in [2.05, 4.69) is 36.9 Å². The van der Waals surface area contributed by atoms with Gasteiger partial charge in [0.25, 0.3) is 0 Å². The van der Waals surface area contributed by atoms with E-state index >= 15 is 0 Å². The Hall–Kier alpha value is -0.440. The van der Waals surface area contributed by atoms with Crippen LogP contribution in [0.2, 0.25) is 0 Å². The molecule has 2 N–H and O–H groups in total. The lowest BCUT2D eigenvalue weighted by atomic mass is 9.55. The molecule has 2 aliphatic carbocycles. The minimum Gasteiger partial charge on any atom is -0.399 e. The minimum atomic E-state index is 0. The van der Waals surface area contributed by atoms with Gasteiger partial charge in [-0.1, -0.05) is 26.3 Å². The topological polar surface area (TPSA) is 29.3 Å². The summed E-state index contributed by atoms with van der Waals surface area (Å²) in [5, 5.41) is 0. The zero-order chi connectivity index (χ0) is 15.3. The average Bonchev–Trinajstić information content (AvgIpc) is 3.34. The largest absolute Gasteiger partial charge is 0.399 e. The summed E-state index contributed by atoms with van der Waals surface area (Å²) in [6, 6.07) is 7.48. The molecule has 2 fully saturated rings. The number of halogens is 2. The van der Waals surface area contributed by atoms with Crippen LogP contribution in [0.25, 0.3) is 0 Å². The highest BCUT2D eigenvalue weighted by Crippen LogP contribution is 2.53. The van der Waals surface area contributed by atoms with E-state index in [-0.39, 0.29) is 24.8 Å². The number of nitrogens with zero attached hydrogens (tertiary/aromatic N) is 1. The van der Waals surface area contributed by atoms with Crippen molar-refractivity contribution in [1.29, 1.82) is 0 Å². The lowest BCUT2D eigenvalue weighted by Gasteiger charge is -2.57. The van der Waals surface area contributed by atoms with Crippen LogP contribution in [0.4, 0.5) is 5.69 Å². The fourth-order valence-electron chi connectivity index (χ4n) is 5.53. The van der Waals surface area contributed by atoms with Crippen LogP contribution in [0.1, 0.15) is 57.1 Å². The predicted molar refractivity (Wildman–Crippen MR) is 108 cm³/mol. The number of hydrogen-bond acceptors (Lipinski definition) is 2. The van der Waals surface area contributed by atoms with E-state index in [1.54, 1.807) is 11.1 Å². The van der Waals surface area contributed by atoms with E-state index in [9.17, 15) is 0 Å². The van der Waals surface area contributed by atoms with Gasteiger partial charge in [-0.3, -0.25) is 4.90 Å². The lowest BCUT2D eigenvalue weighted by Crippen LogP contribution is -2.59. The lowest BCUT2D eigenvalue weighted by molar-refractivity contribution is 0.00678. The van der Waals surface area contributed by atoms with Crippen LogP contribution >= 0.6 is 24.8 Å². The molecule has 3 aliphatic rings. The Balaban J connectivity index is 0.00000104. The van der Waals surface area contributed by atoms with Crippen LogP contribution in [-0.2, 0) is 11.8 Å². The number of nitrogen functional groups attached to an aromatic ring is 1. The van der Waals surface area contributed by atoms with Gasteiger partial charge in [-0.25, -0.2) is 0 Å². The number of hydrogen-bond donors (Lipinski definition) is 1. The van der Waals surface area contributed by atoms with Gasteiger partial charge >= 0.3 is 0 Å². The molecule has 136 valence electrons. The summed E-state index contributed by atoms with van der Waals surface area (Å²) in [7, 11) is 0. The first-order valence-corrected chi connectivity index (χ1v) is 9.31. The third-order valence-electron chi connectivity index (χ3n) is 6.85. The van der Waals surface area contributed by atoms with Gasteiger partial charge in [-0.05, 0) is 73.7 Å². The Morgan fingerprint density at radius 3 is 2.58 bits per heavy atom. The maximum Gasteiger partial charge on any atom is 0.0317 e. The predicted octanol–water partition coefficient (Wildman–Crippen LogP) is 4.83. The highest BCUT2D eigenvalue weighted by molar-refractivity contribution is 5.85. The van der Waals surface area contributed by atoms with Crippen LogP contribution in [0, 0.1) is 11.8 Å². The molecule has 4 rings (SSSR count). The van der Waals surface area contributed by atoms with Crippen LogP contribution in [-0.4, -0.2) is 24.0 Å². The molecular formula is C20H32Cl2N2. The summed E-state index contributed by atoms with van der Waals surface area (Å²) < 4.78 is 0. The number of likely N-dealkylation sites (tertiary alicyclic amines) is 1. The molecule has 1 aromatic carbocycles. The molecule has 3 atom stereocenters. The fourth-order valence-corrected chi connectivity index (χ4v) is 5.53. The van der Waals surface area contributed by atoms with Crippen molar-refractivity contribution in [3.8, 4) is 0 Å². The molecule has 0 spiro atoms. The first kappa shape index (κ1) is 19.9. The first-order valence-electron chi connectivity index (χ1n) is 9.31. The van der Waals surface area contributed by atoms with Crippen molar-refractivity contribution in [2.45, 2.75) is 63.8 Å². The van der Waals surface area contributed by atoms with Crippen molar-refractivity contribution < 1.29 is 0 Å². The van der Waals surface area contributed by atoms with E-state index in [1.807, 2.05) is 0 Å². The molecule has 1 aliphatic heterocycles. The average molecular weight is 371 g/mol. The van der Waals surface area contributed by atoms with Crippen molar-refractivity contribution in [2.75, 3.05) is 18.8 Å². The quantitative estimate of drug-likeness (QED) is 0.769. The van der Waals surface area contributed by atoms with Gasteiger partial charge in [0.1, 0.15) is 0 Å². The second-order valence-electron chi connectivity index (χ2n) is 7.90. The van der Waals surface area contributed by atoms with Crippen LogP contribution < -0.4 is 5.73 Å². The summed E-state index contributed by atoms with van der Waals surface area (Å²) in [5.74, 6) is 1.80. The number of benzene rings is 1. The molecule has 0 radical (unpaired) electrons. The summed E-state index contributed by atoms with van der Waals surface area (Å²) in [4.78, 5) is 2.85. The molecule has 1 saturated heterocycles. The standard InChI is InChI=1S/C20H30N2.2ClH/c1-3-17-19-11-15-7-8-16(21)12-18(15)20(17,4-2)9-10-22(19)13-14-5-6-14;;/h7-8,12,14,17,19H,3-6,9-11,13,21H2,1-2H3;2*1H/t17-,19-,20-;;/m1../s1. The fraction of sp³-hybridized carbons (Fsp3) is 0.700. The van der Waals surface area contributed by atoms with Crippen molar-refractivity contribution in [1.82, 2.24) is 4.90 Å². The molecule has 1 saturated carbocycles. The van der Waals surface area contributed by atoms with Gasteiger partial charge < -0.3 is 5.73 Å². The van der Waals surface area contributed by atoms with E-state index in [4.69, 9.17) is 5.73 Å². The smallest absolute Gasteiger partial charge is 0.0317 e. The van der Waals surface area contributed by atoms with Gasteiger partial charge in [-0.2, -0.15) is 0 Å². The van der Waals surface area contributed by atoms with Crippen LogP contribution in [0.5, 0.6) is 0 Å². The maximum absolute atomic E-state index is 6.14. The molecule has 1 heterocycles. The highest BCUT2D eigenvalue weighted by Gasteiger charge is 2.51. The highest BCUT2D eigenvalue weighted by atomic mass is 35.5. The van der Waals surface area contributed by atoms with E-state index in [0.717, 1.165) is 23.6 Å². The summed E-state index contributed by atoms with van der Waals surface area (Å²) in [5.41, 5.74) is 10.6. The zero-order valence-electron chi connectivity index (χ0n) is 15.0. The Morgan fingerprint density at radius 2 is 1.96 bits per heavy atom. The molecule has 0 aromatic heterocycles. The normalized spacial score (nSPS) is 31.6. The van der Waals surface area contributed by atoms with Crippen molar-refractivity contribution in [3.63, 3.8) is 0 Å². The summed E-state index contributed by atoms with van der Waals surface area (Å²) in [6.07, 6.45) is 8.05. The van der Waals surface area contributed by atoms with Crippen LogP contribution in [0.15, 0.2) is 18.2 Å². The third kappa shape index (κ3) is 3.06. The molecule has 1 aromatic rings. The van der Waals surface area contributed by atoms with Gasteiger partial charge in [0, 0.05) is 23.7 Å². The Morgan fingerprint density at radius 1 is 1.21 bits per heavy atom. The number of nitrogens with two attached hydrogens (primary N) is 1. The van der Waals surface area contributed by atoms with Crippen LogP contribution in [0.3, 0.4) is 0 Å². The second-order valence-corrected chi connectivity index (χ2v) is 7.90. The van der Waals surface area contributed by atoms with Gasteiger partial charge in [0.05, 0.1) is 0 Å². The Labute approximate surface area is 159 Å². The molecule has 4 heteroatoms. The van der Waals surface area contributed by atoms with E-state index in [1.165, 1.54) is 51.6 Å². The maximum atomic E-state index is 6.14. The van der Waals surface area contributed by atoms with Gasteiger partial charge in [0.15, 0.2) is 0 Å². The Bertz CT molecular complexity index is 573. The molecule has 0 amide bonds. The number of anilines is 1. The zero-order valence-corrected chi connectivity index (χ0v) is 16.6. The monoisotopic (exact) mass is 370 g/mol. The van der Waals surface area contributed by atoms with Crippen molar-refractivity contribution in [3.05, 3.63) is 29.3 Å². The SMILES string of the molecule is CC[C@@H]1[C@H]2Cc3ccc(N)cc3[C@]1(CC)CCN2CC1CC1.Cl.Cl. The van der Waals surface area contributed by atoms with E-state index < -0.39 is 0 Å². The first-order chi connectivity index (χ1) is 10.7. The van der Waals surface area contributed by atoms with E-state index in [0.29, 0.717) is 5.41 Å². The molecule has 24 heavy (non-hydrogen) atoms.